The molecule has 0 saturated heterocycles. The van der Waals surface area contributed by atoms with Crippen LogP contribution in [0.15, 0.2) is 4.52 Å². The molecule has 0 aliphatic heterocycles. The fraction of sp³-hybridized carbons (Fsp3) is 0.833. The number of hydrogen-bond acceptors (Lipinski definition) is 6. The van der Waals surface area contributed by atoms with Crippen molar-refractivity contribution < 1.29 is 14.0 Å². The molecule has 0 saturated carbocycles. The zero-order chi connectivity index (χ0) is 13.4. The van der Waals surface area contributed by atoms with Crippen LogP contribution in [0.5, 0.6) is 0 Å². The van der Waals surface area contributed by atoms with Gasteiger partial charge in [0.05, 0.1) is 6.04 Å². The number of methoxy groups -OCH3 is 1. The van der Waals surface area contributed by atoms with Gasteiger partial charge in [-0.25, -0.2) is 0 Å². The SMILES string of the molecule is CCCC(OCC)c1noc(C(N)CCOC)n1. The summed E-state index contributed by atoms with van der Waals surface area (Å²) in [4.78, 5) is 4.32. The Morgan fingerprint density at radius 2 is 2.11 bits per heavy atom. The number of rotatable bonds is 9. The highest BCUT2D eigenvalue weighted by atomic mass is 16.5. The molecule has 0 aliphatic rings. The second kappa shape index (κ2) is 8.18. The van der Waals surface area contributed by atoms with E-state index >= 15 is 0 Å². The van der Waals surface area contributed by atoms with E-state index in [1.54, 1.807) is 7.11 Å². The quantitative estimate of drug-likeness (QED) is 0.728. The third-order valence-corrected chi connectivity index (χ3v) is 2.61. The molecule has 1 heterocycles. The summed E-state index contributed by atoms with van der Waals surface area (Å²) in [5.74, 6) is 1.03. The van der Waals surface area contributed by atoms with Gasteiger partial charge >= 0.3 is 0 Å². The molecule has 1 aromatic heterocycles. The summed E-state index contributed by atoms with van der Waals surface area (Å²) in [6.45, 7) is 5.25. The average Bonchev–Trinajstić information content (AvgIpc) is 2.85. The first-order valence-corrected chi connectivity index (χ1v) is 6.42. The van der Waals surface area contributed by atoms with Gasteiger partial charge in [0.15, 0.2) is 0 Å². The number of nitrogens with zero attached hydrogens (tertiary/aromatic N) is 2. The summed E-state index contributed by atoms with van der Waals surface area (Å²) in [6, 6.07) is -0.282. The zero-order valence-corrected chi connectivity index (χ0v) is 11.4. The minimum Gasteiger partial charge on any atom is -0.385 e. The molecule has 104 valence electrons. The third-order valence-electron chi connectivity index (χ3n) is 2.61. The molecule has 0 amide bonds. The molecule has 6 heteroatoms. The maximum atomic E-state index is 5.93. The van der Waals surface area contributed by atoms with E-state index in [0.29, 0.717) is 31.3 Å². The van der Waals surface area contributed by atoms with Crippen LogP contribution in [0.25, 0.3) is 0 Å². The monoisotopic (exact) mass is 257 g/mol. The van der Waals surface area contributed by atoms with Crippen molar-refractivity contribution >= 4 is 0 Å². The van der Waals surface area contributed by atoms with Crippen LogP contribution in [0, 0.1) is 0 Å². The maximum absolute atomic E-state index is 5.93. The second-order valence-corrected chi connectivity index (χ2v) is 4.11. The van der Waals surface area contributed by atoms with Crippen molar-refractivity contribution in [3.63, 3.8) is 0 Å². The summed E-state index contributed by atoms with van der Waals surface area (Å²) in [7, 11) is 1.64. The number of hydrogen-bond donors (Lipinski definition) is 1. The second-order valence-electron chi connectivity index (χ2n) is 4.11. The van der Waals surface area contributed by atoms with Crippen LogP contribution in [0.1, 0.15) is 57.0 Å². The average molecular weight is 257 g/mol. The van der Waals surface area contributed by atoms with Crippen molar-refractivity contribution in [1.29, 1.82) is 0 Å². The minimum atomic E-state index is -0.282. The smallest absolute Gasteiger partial charge is 0.243 e. The number of nitrogens with two attached hydrogens (primary N) is 1. The lowest BCUT2D eigenvalue weighted by Gasteiger charge is -2.11. The van der Waals surface area contributed by atoms with Crippen LogP contribution in [-0.4, -0.2) is 30.5 Å². The van der Waals surface area contributed by atoms with E-state index in [1.165, 1.54) is 0 Å². The summed E-state index contributed by atoms with van der Waals surface area (Å²) >= 11 is 0. The first kappa shape index (κ1) is 15.1. The minimum absolute atomic E-state index is 0.105. The molecule has 0 spiro atoms. The third kappa shape index (κ3) is 4.36. The highest BCUT2D eigenvalue weighted by Crippen LogP contribution is 2.21. The van der Waals surface area contributed by atoms with Gasteiger partial charge < -0.3 is 19.7 Å². The van der Waals surface area contributed by atoms with E-state index < -0.39 is 0 Å². The van der Waals surface area contributed by atoms with Crippen LogP contribution in [0.3, 0.4) is 0 Å². The molecule has 0 fully saturated rings. The van der Waals surface area contributed by atoms with Crippen LogP contribution < -0.4 is 5.73 Å². The molecule has 18 heavy (non-hydrogen) atoms. The van der Waals surface area contributed by atoms with Crippen molar-refractivity contribution in [3.8, 4) is 0 Å². The standard InChI is InChI=1S/C12H23N3O3/c1-4-6-10(17-5-2)11-14-12(18-15-11)9(13)7-8-16-3/h9-10H,4-8,13H2,1-3H3. The van der Waals surface area contributed by atoms with Crippen molar-refractivity contribution in [1.82, 2.24) is 10.1 Å². The Bertz CT molecular complexity index is 324. The van der Waals surface area contributed by atoms with Gasteiger partial charge in [-0.15, -0.1) is 0 Å². The van der Waals surface area contributed by atoms with E-state index in [1.807, 2.05) is 6.92 Å². The van der Waals surface area contributed by atoms with Gasteiger partial charge in [0.1, 0.15) is 6.10 Å². The van der Waals surface area contributed by atoms with Gasteiger partial charge in [-0.05, 0) is 19.8 Å². The van der Waals surface area contributed by atoms with Crippen LogP contribution in [-0.2, 0) is 9.47 Å². The Morgan fingerprint density at radius 1 is 1.33 bits per heavy atom. The molecule has 0 aromatic carbocycles. The van der Waals surface area contributed by atoms with E-state index in [-0.39, 0.29) is 12.1 Å². The predicted molar refractivity (Wildman–Crippen MR) is 67.0 cm³/mol. The molecule has 2 unspecified atom stereocenters. The van der Waals surface area contributed by atoms with Crippen LogP contribution >= 0.6 is 0 Å². The maximum Gasteiger partial charge on any atom is 0.243 e. The molecule has 6 nitrogen and oxygen atoms in total. The van der Waals surface area contributed by atoms with Gasteiger partial charge in [-0.1, -0.05) is 18.5 Å². The first-order valence-electron chi connectivity index (χ1n) is 6.42. The lowest BCUT2D eigenvalue weighted by atomic mass is 10.2. The molecule has 0 aliphatic carbocycles. The van der Waals surface area contributed by atoms with Crippen LogP contribution in [0.2, 0.25) is 0 Å². The molecule has 0 radical (unpaired) electrons. The van der Waals surface area contributed by atoms with Crippen molar-refractivity contribution in [2.75, 3.05) is 20.3 Å². The summed E-state index contributed by atoms with van der Waals surface area (Å²) in [6.07, 6.45) is 2.43. The van der Waals surface area contributed by atoms with E-state index in [4.69, 9.17) is 19.7 Å². The predicted octanol–water partition coefficient (Wildman–Crippen LogP) is 1.98. The topological polar surface area (TPSA) is 83.4 Å². The van der Waals surface area contributed by atoms with Gasteiger partial charge in [0.2, 0.25) is 11.7 Å². The number of ether oxygens (including phenoxy) is 2. The van der Waals surface area contributed by atoms with Crippen LogP contribution in [0.4, 0.5) is 0 Å². The molecule has 2 atom stereocenters. The summed E-state index contributed by atoms with van der Waals surface area (Å²) in [5, 5.41) is 3.95. The van der Waals surface area contributed by atoms with Gasteiger partial charge in [-0.3, -0.25) is 0 Å². The van der Waals surface area contributed by atoms with Crippen molar-refractivity contribution in [2.24, 2.45) is 5.73 Å². The lowest BCUT2D eigenvalue weighted by Crippen LogP contribution is -2.13. The highest BCUT2D eigenvalue weighted by molar-refractivity contribution is 4.95. The fourth-order valence-electron chi connectivity index (χ4n) is 1.65. The zero-order valence-electron chi connectivity index (χ0n) is 11.4. The Labute approximate surface area is 108 Å². The molecular formula is C12H23N3O3. The van der Waals surface area contributed by atoms with Gasteiger partial charge in [-0.2, -0.15) is 4.98 Å². The molecule has 1 aromatic rings. The summed E-state index contributed by atoms with van der Waals surface area (Å²) in [5.41, 5.74) is 5.93. The molecule has 2 N–H and O–H groups in total. The first-order chi connectivity index (χ1) is 8.72. The number of aromatic nitrogens is 2. The van der Waals surface area contributed by atoms with Crippen molar-refractivity contribution in [3.05, 3.63) is 11.7 Å². The molecule has 0 bridgehead atoms. The van der Waals surface area contributed by atoms with E-state index in [0.717, 1.165) is 12.8 Å². The Balaban J connectivity index is 2.64. The van der Waals surface area contributed by atoms with Gasteiger partial charge in [0, 0.05) is 20.3 Å². The molecular weight excluding hydrogens is 234 g/mol. The Morgan fingerprint density at radius 3 is 2.72 bits per heavy atom. The Kier molecular flexibility index (Phi) is 6.85. The molecule has 1 rings (SSSR count). The van der Waals surface area contributed by atoms with E-state index in [9.17, 15) is 0 Å². The van der Waals surface area contributed by atoms with Gasteiger partial charge in [0.25, 0.3) is 0 Å². The Hall–Kier alpha value is -0.980. The van der Waals surface area contributed by atoms with Crippen molar-refractivity contribution in [2.45, 2.75) is 45.3 Å². The summed E-state index contributed by atoms with van der Waals surface area (Å²) < 4.78 is 15.7. The largest absolute Gasteiger partial charge is 0.385 e. The van der Waals surface area contributed by atoms with E-state index in [2.05, 4.69) is 17.1 Å². The lowest BCUT2D eigenvalue weighted by molar-refractivity contribution is 0.0477. The fourth-order valence-corrected chi connectivity index (χ4v) is 1.65. The normalized spacial score (nSPS) is 14.7. The highest BCUT2D eigenvalue weighted by Gasteiger charge is 2.20.